The van der Waals surface area contributed by atoms with Gasteiger partial charge in [0.15, 0.2) is 5.13 Å². The van der Waals surface area contributed by atoms with Crippen LogP contribution in [0.25, 0.3) is 0 Å². The molecule has 0 fully saturated rings. The van der Waals surface area contributed by atoms with Crippen molar-refractivity contribution in [2.45, 2.75) is 19.8 Å². The fourth-order valence-corrected chi connectivity index (χ4v) is 1.94. The molecule has 0 amide bonds. The van der Waals surface area contributed by atoms with E-state index in [1.807, 2.05) is 0 Å². The molecule has 6 nitrogen and oxygen atoms in total. The molecule has 0 saturated carbocycles. The third kappa shape index (κ3) is 3.50. The highest BCUT2D eigenvalue weighted by molar-refractivity contribution is 7.17. The molecule has 0 radical (unpaired) electrons. The van der Waals surface area contributed by atoms with Gasteiger partial charge in [0, 0.05) is 13.0 Å². The Morgan fingerprint density at radius 2 is 2.12 bits per heavy atom. The van der Waals surface area contributed by atoms with E-state index in [1.165, 1.54) is 0 Å². The lowest BCUT2D eigenvalue weighted by molar-refractivity contribution is -0.137. The maximum absolute atomic E-state index is 10.7. The Hall–Kier alpha value is -1.63. The van der Waals surface area contributed by atoms with Crippen LogP contribution in [0.3, 0.4) is 0 Å². The molecule has 0 aromatic carbocycles. The number of hydrogen-bond donors (Lipinski definition) is 3. The molecule has 0 aliphatic heterocycles. The highest BCUT2D eigenvalue weighted by Crippen LogP contribution is 2.22. The number of nitrogens with one attached hydrogen (secondary N) is 1. The van der Waals surface area contributed by atoms with Crippen molar-refractivity contribution < 1.29 is 19.8 Å². The second kappa shape index (κ2) is 5.45. The molecular weight excluding hydrogens is 232 g/mol. The van der Waals surface area contributed by atoms with Gasteiger partial charge < -0.3 is 15.5 Å². The molecule has 0 spiro atoms. The third-order valence-electron chi connectivity index (χ3n) is 1.83. The number of hydrogen-bond acceptors (Lipinski definition) is 5. The first-order valence-corrected chi connectivity index (χ1v) is 5.48. The number of aryl methyl sites for hydroxylation is 1. The quantitative estimate of drug-likeness (QED) is 0.654. The Balaban J connectivity index is 2.46. The predicted molar refractivity (Wildman–Crippen MR) is 59.2 cm³/mol. The van der Waals surface area contributed by atoms with Crippen LogP contribution in [0.4, 0.5) is 5.13 Å². The molecule has 1 rings (SSSR count). The lowest BCUT2D eigenvalue weighted by atomic mass is 10.3. The summed E-state index contributed by atoms with van der Waals surface area (Å²) in [5.74, 6) is -1.84. The number of thiazole rings is 1. The van der Waals surface area contributed by atoms with Crippen molar-refractivity contribution >= 4 is 28.4 Å². The Morgan fingerprint density at radius 3 is 2.62 bits per heavy atom. The van der Waals surface area contributed by atoms with Crippen LogP contribution < -0.4 is 5.32 Å². The predicted octanol–water partition coefficient (Wildman–Crippen LogP) is 1.43. The molecule has 0 atom stereocenters. The van der Waals surface area contributed by atoms with Gasteiger partial charge in [0.25, 0.3) is 0 Å². The van der Waals surface area contributed by atoms with Crippen LogP contribution in [0, 0.1) is 6.92 Å². The van der Waals surface area contributed by atoms with E-state index >= 15 is 0 Å². The first-order valence-electron chi connectivity index (χ1n) is 4.67. The Kier molecular flexibility index (Phi) is 4.24. The molecule has 7 heteroatoms. The lowest BCUT2D eigenvalue weighted by Gasteiger charge is -1.99. The van der Waals surface area contributed by atoms with E-state index in [4.69, 9.17) is 10.2 Å². The van der Waals surface area contributed by atoms with Crippen LogP contribution in [0.5, 0.6) is 0 Å². The fraction of sp³-hybridized carbons (Fsp3) is 0.444. The monoisotopic (exact) mass is 244 g/mol. The largest absolute Gasteiger partial charge is 0.481 e. The molecular formula is C9H12N2O4S. The standard InChI is InChI=1S/C9H12N2O4S/c1-5-7(8(14)15)16-9(11-5)10-4-2-3-6(12)13/h2-4H2,1H3,(H,10,11)(H,12,13)(H,14,15). The van der Waals surface area contributed by atoms with Gasteiger partial charge in [-0.1, -0.05) is 11.3 Å². The number of anilines is 1. The smallest absolute Gasteiger partial charge is 0.347 e. The van der Waals surface area contributed by atoms with Crippen molar-refractivity contribution in [3.8, 4) is 0 Å². The Morgan fingerprint density at radius 1 is 1.44 bits per heavy atom. The van der Waals surface area contributed by atoms with E-state index in [-0.39, 0.29) is 11.3 Å². The van der Waals surface area contributed by atoms with Gasteiger partial charge in [0.2, 0.25) is 0 Å². The first-order chi connectivity index (χ1) is 7.50. The van der Waals surface area contributed by atoms with Crippen molar-refractivity contribution in [2.24, 2.45) is 0 Å². The minimum atomic E-state index is -0.992. The minimum Gasteiger partial charge on any atom is -0.481 e. The normalized spacial score (nSPS) is 10.1. The molecule has 88 valence electrons. The second-order valence-corrected chi connectivity index (χ2v) is 4.16. The molecule has 0 saturated heterocycles. The molecule has 1 aromatic heterocycles. The number of rotatable bonds is 6. The molecule has 1 aromatic rings. The van der Waals surface area contributed by atoms with E-state index in [9.17, 15) is 9.59 Å². The van der Waals surface area contributed by atoms with Gasteiger partial charge in [0.05, 0.1) is 5.69 Å². The number of carboxylic acids is 2. The molecule has 0 bridgehead atoms. The van der Waals surface area contributed by atoms with Gasteiger partial charge in [-0.05, 0) is 13.3 Å². The number of nitrogens with zero attached hydrogens (tertiary/aromatic N) is 1. The third-order valence-corrected chi connectivity index (χ3v) is 2.94. The second-order valence-electron chi connectivity index (χ2n) is 3.16. The maximum atomic E-state index is 10.7. The molecule has 0 aliphatic rings. The molecule has 1 heterocycles. The van der Waals surface area contributed by atoms with Crippen molar-refractivity contribution in [1.82, 2.24) is 4.98 Å². The van der Waals surface area contributed by atoms with Gasteiger partial charge in [0.1, 0.15) is 4.88 Å². The highest BCUT2D eigenvalue weighted by Gasteiger charge is 2.13. The van der Waals surface area contributed by atoms with Crippen LogP contribution >= 0.6 is 11.3 Å². The number of carboxylic acid groups (broad SMARTS) is 2. The van der Waals surface area contributed by atoms with Crippen molar-refractivity contribution in [1.29, 1.82) is 0 Å². The van der Waals surface area contributed by atoms with Crippen molar-refractivity contribution in [2.75, 3.05) is 11.9 Å². The molecule has 3 N–H and O–H groups in total. The summed E-state index contributed by atoms with van der Waals surface area (Å²) in [6.07, 6.45) is 0.569. The van der Waals surface area contributed by atoms with Crippen LogP contribution in [-0.4, -0.2) is 33.7 Å². The number of aromatic nitrogens is 1. The zero-order valence-electron chi connectivity index (χ0n) is 8.69. The molecule has 0 aliphatic carbocycles. The topological polar surface area (TPSA) is 99.5 Å². The van der Waals surface area contributed by atoms with Crippen molar-refractivity contribution in [3.63, 3.8) is 0 Å². The summed E-state index contributed by atoms with van der Waals surface area (Å²) in [7, 11) is 0. The van der Waals surface area contributed by atoms with E-state index in [2.05, 4.69) is 10.3 Å². The summed E-state index contributed by atoms with van der Waals surface area (Å²) in [4.78, 5) is 25.2. The van der Waals surface area contributed by atoms with Gasteiger partial charge >= 0.3 is 11.9 Å². The summed E-state index contributed by atoms with van der Waals surface area (Å²) in [5.41, 5.74) is 0.471. The van der Waals surface area contributed by atoms with Gasteiger partial charge in [-0.3, -0.25) is 4.79 Å². The first kappa shape index (κ1) is 12.4. The zero-order valence-corrected chi connectivity index (χ0v) is 9.50. The summed E-state index contributed by atoms with van der Waals surface area (Å²) in [6, 6.07) is 0. The Labute approximate surface area is 95.9 Å². The zero-order chi connectivity index (χ0) is 12.1. The van der Waals surface area contributed by atoms with Gasteiger partial charge in [-0.25, -0.2) is 9.78 Å². The van der Waals surface area contributed by atoms with Crippen LogP contribution in [-0.2, 0) is 4.79 Å². The highest BCUT2D eigenvalue weighted by atomic mass is 32.1. The van der Waals surface area contributed by atoms with Crippen LogP contribution in [0.15, 0.2) is 0 Å². The molecule has 0 unspecified atom stereocenters. The Bertz CT molecular complexity index is 402. The number of aliphatic carboxylic acids is 1. The summed E-state index contributed by atoms with van der Waals surface area (Å²) in [6.45, 7) is 2.10. The maximum Gasteiger partial charge on any atom is 0.347 e. The van der Waals surface area contributed by atoms with E-state index in [0.717, 1.165) is 11.3 Å². The van der Waals surface area contributed by atoms with E-state index in [0.29, 0.717) is 23.8 Å². The van der Waals surface area contributed by atoms with Crippen molar-refractivity contribution in [3.05, 3.63) is 10.6 Å². The average molecular weight is 244 g/mol. The fourth-order valence-electron chi connectivity index (χ4n) is 1.11. The lowest BCUT2D eigenvalue weighted by Crippen LogP contribution is -2.04. The minimum absolute atomic E-state index is 0.0865. The van der Waals surface area contributed by atoms with E-state index in [1.54, 1.807) is 6.92 Å². The van der Waals surface area contributed by atoms with Gasteiger partial charge in [-0.15, -0.1) is 0 Å². The van der Waals surface area contributed by atoms with E-state index < -0.39 is 11.9 Å². The van der Waals surface area contributed by atoms with Crippen LogP contribution in [0.1, 0.15) is 28.2 Å². The summed E-state index contributed by atoms with van der Waals surface area (Å²) in [5, 5.41) is 20.6. The summed E-state index contributed by atoms with van der Waals surface area (Å²) >= 11 is 1.06. The average Bonchev–Trinajstić information content (AvgIpc) is 2.54. The summed E-state index contributed by atoms with van der Waals surface area (Å²) < 4.78 is 0. The SMILES string of the molecule is Cc1nc(NCCCC(=O)O)sc1C(=O)O. The molecule has 16 heavy (non-hydrogen) atoms. The number of carbonyl (C=O) groups is 2. The number of aromatic carboxylic acids is 1. The van der Waals surface area contributed by atoms with Gasteiger partial charge in [-0.2, -0.15) is 0 Å². The van der Waals surface area contributed by atoms with Crippen LogP contribution in [0.2, 0.25) is 0 Å².